The fraction of sp³-hybridized carbons (Fsp3) is 0.500. The van der Waals surface area contributed by atoms with Crippen molar-refractivity contribution in [2.45, 2.75) is 84.0 Å². The topological polar surface area (TPSA) is 74.6 Å². The normalized spacial score (nSPS) is 22.5. The van der Waals surface area contributed by atoms with Crippen LogP contribution in [0.2, 0.25) is 0 Å². The number of aromatic nitrogens is 3. The molecule has 0 radical (unpaired) electrons. The van der Waals surface area contributed by atoms with Gasteiger partial charge in [0, 0.05) is 54.8 Å². The summed E-state index contributed by atoms with van der Waals surface area (Å²) >= 11 is 3.45. The Labute approximate surface area is 251 Å². The van der Waals surface area contributed by atoms with Crippen molar-refractivity contribution in [1.29, 1.82) is 0 Å². The zero-order chi connectivity index (χ0) is 29.3. The van der Waals surface area contributed by atoms with Crippen LogP contribution in [0.3, 0.4) is 0 Å². The van der Waals surface area contributed by atoms with Gasteiger partial charge in [0.15, 0.2) is 0 Å². The third kappa shape index (κ3) is 6.56. The van der Waals surface area contributed by atoms with Gasteiger partial charge in [0.25, 0.3) is 5.91 Å². The van der Waals surface area contributed by atoms with Crippen molar-refractivity contribution in [3.8, 4) is 0 Å². The van der Waals surface area contributed by atoms with Crippen LogP contribution in [0.25, 0.3) is 0 Å². The fourth-order valence-corrected chi connectivity index (χ4v) is 6.37. The van der Waals surface area contributed by atoms with Crippen LogP contribution in [0.1, 0.15) is 82.2 Å². The van der Waals surface area contributed by atoms with Gasteiger partial charge in [-0.3, -0.25) is 14.5 Å². The lowest BCUT2D eigenvalue weighted by atomic mass is 9.93. The Kier molecular flexibility index (Phi) is 8.94. The average Bonchev–Trinajstić information content (AvgIpc) is 3.57. The molecule has 0 N–H and O–H groups in total. The molecule has 0 saturated carbocycles. The summed E-state index contributed by atoms with van der Waals surface area (Å²) in [5, 5.41) is 8.77. The molecule has 2 aliphatic rings. The van der Waals surface area contributed by atoms with Gasteiger partial charge in [0.05, 0.1) is 11.9 Å². The summed E-state index contributed by atoms with van der Waals surface area (Å²) in [6, 6.07) is 16.5. The maximum absolute atomic E-state index is 13.3. The highest BCUT2D eigenvalue weighted by Gasteiger charge is 2.36. The quantitative estimate of drug-likeness (QED) is 0.320. The molecule has 9 heteroatoms. The van der Waals surface area contributed by atoms with Crippen molar-refractivity contribution in [2.24, 2.45) is 0 Å². The molecule has 5 rings (SSSR count). The molecule has 3 heterocycles. The van der Waals surface area contributed by atoms with Crippen molar-refractivity contribution >= 4 is 33.4 Å². The summed E-state index contributed by atoms with van der Waals surface area (Å²) in [6.45, 7) is 13.6. The molecule has 2 aromatic carbocycles. The molecule has 2 fully saturated rings. The van der Waals surface area contributed by atoms with Gasteiger partial charge in [-0.1, -0.05) is 66.2 Å². The van der Waals surface area contributed by atoms with Gasteiger partial charge in [-0.2, -0.15) is 0 Å². The standard InChI is InChI=1S/C32H41BrN6O2/c1-21(2)25-6-8-26(9-7-25)22(3)16-31(40)36-17-23(4)38(24(5)18-36)19-28-20-39(35-34-28)30-14-15-37(32(30)41)29-12-10-27(33)11-13-29/h6-13,20-24,30H,14-19H2,1-5H3/t22?,23-,24+,30?. The second kappa shape index (κ2) is 12.4. The number of carbonyl (C=O) groups is 2. The van der Waals surface area contributed by atoms with Crippen molar-refractivity contribution in [1.82, 2.24) is 24.8 Å². The van der Waals surface area contributed by atoms with E-state index in [-0.39, 0.29) is 35.9 Å². The Morgan fingerprint density at radius 1 is 0.976 bits per heavy atom. The number of nitrogens with zero attached hydrogens (tertiary/aromatic N) is 6. The van der Waals surface area contributed by atoms with Crippen LogP contribution in [0, 0.1) is 0 Å². The third-order valence-corrected chi connectivity index (χ3v) is 9.17. The van der Waals surface area contributed by atoms with Crippen LogP contribution >= 0.6 is 15.9 Å². The largest absolute Gasteiger partial charge is 0.340 e. The highest BCUT2D eigenvalue weighted by atomic mass is 79.9. The van der Waals surface area contributed by atoms with Gasteiger partial charge in [-0.25, -0.2) is 4.68 Å². The lowest BCUT2D eigenvalue weighted by Crippen LogP contribution is -2.57. The van der Waals surface area contributed by atoms with Gasteiger partial charge < -0.3 is 9.80 Å². The number of rotatable bonds is 8. The van der Waals surface area contributed by atoms with E-state index >= 15 is 0 Å². The molecule has 2 saturated heterocycles. The number of benzene rings is 2. The average molecular weight is 622 g/mol. The van der Waals surface area contributed by atoms with E-state index in [9.17, 15) is 9.59 Å². The predicted molar refractivity (Wildman–Crippen MR) is 165 cm³/mol. The molecule has 1 aromatic heterocycles. The Bertz CT molecular complexity index is 1340. The molecule has 41 heavy (non-hydrogen) atoms. The molecule has 0 aliphatic carbocycles. The van der Waals surface area contributed by atoms with E-state index < -0.39 is 0 Å². The molecule has 218 valence electrons. The monoisotopic (exact) mass is 620 g/mol. The van der Waals surface area contributed by atoms with Crippen LogP contribution in [-0.2, 0) is 16.1 Å². The highest BCUT2D eigenvalue weighted by Crippen LogP contribution is 2.30. The van der Waals surface area contributed by atoms with Crippen LogP contribution < -0.4 is 4.90 Å². The van der Waals surface area contributed by atoms with E-state index in [0.717, 1.165) is 15.9 Å². The van der Waals surface area contributed by atoms with Crippen LogP contribution in [0.15, 0.2) is 59.2 Å². The molecule has 0 spiro atoms. The van der Waals surface area contributed by atoms with Gasteiger partial charge in [-0.15, -0.1) is 5.10 Å². The molecular formula is C32H41BrN6O2. The predicted octanol–water partition coefficient (Wildman–Crippen LogP) is 5.76. The molecule has 8 nitrogen and oxygen atoms in total. The highest BCUT2D eigenvalue weighted by molar-refractivity contribution is 9.10. The lowest BCUT2D eigenvalue weighted by Gasteiger charge is -2.44. The van der Waals surface area contributed by atoms with Crippen LogP contribution in [0.5, 0.6) is 0 Å². The molecule has 2 unspecified atom stereocenters. The number of halogens is 1. The lowest BCUT2D eigenvalue weighted by molar-refractivity contribution is -0.136. The van der Waals surface area contributed by atoms with E-state index in [4.69, 9.17) is 0 Å². The summed E-state index contributed by atoms with van der Waals surface area (Å²) in [5.41, 5.74) is 4.28. The summed E-state index contributed by atoms with van der Waals surface area (Å²) in [5.74, 6) is 0.941. The fourth-order valence-electron chi connectivity index (χ4n) is 6.10. The Hall–Kier alpha value is -3.04. The van der Waals surface area contributed by atoms with E-state index in [2.05, 4.69) is 90.0 Å². The first-order valence-corrected chi connectivity index (χ1v) is 15.5. The summed E-state index contributed by atoms with van der Waals surface area (Å²) < 4.78 is 2.71. The zero-order valence-corrected chi connectivity index (χ0v) is 26.3. The second-order valence-electron chi connectivity index (χ2n) is 12.1. The minimum Gasteiger partial charge on any atom is -0.340 e. The molecule has 3 aromatic rings. The summed E-state index contributed by atoms with van der Waals surface area (Å²) in [4.78, 5) is 32.7. The number of piperazine rings is 1. The van der Waals surface area contributed by atoms with Crippen molar-refractivity contribution in [3.63, 3.8) is 0 Å². The number of anilines is 1. The van der Waals surface area contributed by atoms with Crippen molar-refractivity contribution in [2.75, 3.05) is 24.5 Å². The van der Waals surface area contributed by atoms with Crippen molar-refractivity contribution in [3.05, 3.63) is 76.0 Å². The van der Waals surface area contributed by atoms with Gasteiger partial charge in [0.2, 0.25) is 5.91 Å². The number of hydrogen-bond acceptors (Lipinski definition) is 5. The zero-order valence-electron chi connectivity index (χ0n) is 24.7. The molecular weight excluding hydrogens is 580 g/mol. The van der Waals surface area contributed by atoms with Crippen LogP contribution in [0.4, 0.5) is 5.69 Å². The molecule has 2 amide bonds. The first-order valence-electron chi connectivity index (χ1n) is 14.7. The van der Waals surface area contributed by atoms with E-state index in [0.29, 0.717) is 44.9 Å². The Balaban J connectivity index is 1.16. The Morgan fingerprint density at radius 3 is 2.24 bits per heavy atom. The SMILES string of the molecule is CC(C)c1ccc(C(C)CC(=O)N2C[C@@H](C)N(Cc3cn(C4CCN(c5ccc(Br)cc5)C4=O)nn3)[C@@H](C)C2)cc1. The maximum atomic E-state index is 13.3. The van der Waals surface area contributed by atoms with Crippen LogP contribution in [-0.4, -0.2) is 68.3 Å². The van der Waals surface area contributed by atoms with Gasteiger partial charge in [0.1, 0.15) is 6.04 Å². The summed E-state index contributed by atoms with van der Waals surface area (Å²) in [7, 11) is 0. The van der Waals surface area contributed by atoms with Gasteiger partial charge >= 0.3 is 0 Å². The van der Waals surface area contributed by atoms with E-state index in [1.165, 1.54) is 11.1 Å². The van der Waals surface area contributed by atoms with Gasteiger partial charge in [-0.05, 0) is 67.5 Å². The first-order chi connectivity index (χ1) is 19.6. The maximum Gasteiger partial charge on any atom is 0.251 e. The smallest absolute Gasteiger partial charge is 0.251 e. The summed E-state index contributed by atoms with van der Waals surface area (Å²) in [6.07, 6.45) is 3.13. The Morgan fingerprint density at radius 2 is 1.61 bits per heavy atom. The number of amides is 2. The minimum absolute atomic E-state index is 0.0442. The third-order valence-electron chi connectivity index (χ3n) is 8.64. The molecule has 4 atom stereocenters. The van der Waals surface area contributed by atoms with Crippen molar-refractivity contribution < 1.29 is 9.59 Å². The molecule has 2 aliphatic heterocycles. The second-order valence-corrected chi connectivity index (χ2v) is 13.0. The molecule has 0 bridgehead atoms. The number of carbonyl (C=O) groups excluding carboxylic acids is 2. The van der Waals surface area contributed by atoms with E-state index in [1.54, 1.807) is 4.68 Å². The number of hydrogen-bond donors (Lipinski definition) is 0. The first kappa shape index (κ1) is 29.5. The minimum atomic E-state index is -0.340. The van der Waals surface area contributed by atoms with E-state index in [1.807, 2.05) is 40.3 Å².